The van der Waals surface area contributed by atoms with Gasteiger partial charge in [0, 0.05) is 0 Å². The Hall–Kier alpha value is 0.767. The molecule has 0 amide bonds. The third-order valence-corrected chi connectivity index (χ3v) is 6.35. The lowest BCUT2D eigenvalue weighted by Crippen LogP contribution is -2.27. The maximum Gasteiger partial charge on any atom is 0.168 e. The van der Waals surface area contributed by atoms with Crippen LogP contribution in [0.3, 0.4) is 0 Å². The van der Waals surface area contributed by atoms with Gasteiger partial charge in [-0.2, -0.15) is 0 Å². The summed E-state index contributed by atoms with van der Waals surface area (Å²) in [6.07, 6.45) is 0. The summed E-state index contributed by atoms with van der Waals surface area (Å²) in [5.74, 6) is 0. The fourth-order valence-corrected chi connectivity index (χ4v) is 4.81. The van der Waals surface area contributed by atoms with Crippen molar-refractivity contribution in [1.29, 1.82) is 0 Å². The summed E-state index contributed by atoms with van der Waals surface area (Å²) >= 11 is 8.51. The number of hydrogen-bond acceptors (Lipinski definition) is 3. The van der Waals surface area contributed by atoms with Crippen LogP contribution in [0.15, 0.2) is 8.52 Å². The molecule has 92 valence electrons. The van der Waals surface area contributed by atoms with E-state index in [4.69, 9.17) is 4.43 Å². The van der Waals surface area contributed by atoms with Crippen LogP contribution < -0.4 is 0 Å². The number of hydrogen-bond donors (Lipinski definition) is 0. The summed E-state index contributed by atoms with van der Waals surface area (Å²) in [6, 6.07) is 0. The molecule has 0 saturated carbocycles. The highest BCUT2D eigenvalue weighted by Crippen LogP contribution is 2.38. The Morgan fingerprint density at radius 2 is 1.75 bits per heavy atom. The fourth-order valence-electron chi connectivity index (χ4n) is 1.11. The van der Waals surface area contributed by atoms with Crippen LogP contribution in [-0.4, -0.2) is 14.7 Å². The topological polar surface area (TPSA) is 22.1 Å². The van der Waals surface area contributed by atoms with Gasteiger partial charge in [0.05, 0.1) is 10.5 Å². The first-order valence-corrected chi connectivity index (χ1v) is 8.77. The van der Waals surface area contributed by atoms with E-state index in [0.717, 1.165) is 13.4 Å². The molecule has 0 unspecified atom stereocenters. The lowest BCUT2D eigenvalue weighted by atomic mass is 10.1. The molecule has 0 radical (unpaired) electrons. The van der Waals surface area contributed by atoms with E-state index < -0.39 is 9.76 Å². The van der Waals surface area contributed by atoms with Gasteiger partial charge in [0.15, 0.2) is 13.7 Å². The van der Waals surface area contributed by atoms with E-state index in [0.29, 0.717) is 5.04 Å². The summed E-state index contributed by atoms with van der Waals surface area (Å²) in [6.45, 7) is 10.9. The van der Waals surface area contributed by atoms with Gasteiger partial charge in [-0.1, -0.05) is 20.8 Å². The number of thiazole rings is 1. The van der Waals surface area contributed by atoms with Gasteiger partial charge in [0.25, 0.3) is 0 Å². The largest absolute Gasteiger partial charge is 0.414 e. The molecule has 1 rings (SSSR count). The minimum atomic E-state index is -0.562. The van der Waals surface area contributed by atoms with Gasteiger partial charge in [0.1, 0.15) is 4.60 Å². The lowest BCUT2D eigenvalue weighted by Gasteiger charge is -2.29. The van der Waals surface area contributed by atoms with Gasteiger partial charge >= 0.3 is 0 Å². The summed E-state index contributed by atoms with van der Waals surface area (Å²) in [5.41, 5.74) is -0.248. The van der Waals surface area contributed by atoms with Gasteiger partial charge in [-0.05, 0) is 50.7 Å². The minimum absolute atomic E-state index is 0.248. The lowest BCUT2D eigenvalue weighted by molar-refractivity contribution is 0.112. The maximum atomic E-state index is 6.13. The fraction of sp³-hybridized carbons (Fsp3) is 0.700. The molecule has 16 heavy (non-hydrogen) atoms. The molecule has 0 saturated heterocycles. The van der Waals surface area contributed by atoms with E-state index in [-0.39, 0.29) is 5.60 Å². The smallest absolute Gasteiger partial charge is 0.168 e. The van der Waals surface area contributed by atoms with Crippen LogP contribution in [0.5, 0.6) is 0 Å². The van der Waals surface area contributed by atoms with Crippen molar-refractivity contribution in [2.45, 2.75) is 45.3 Å². The van der Waals surface area contributed by atoms with Crippen LogP contribution in [-0.2, 0) is 10.0 Å². The van der Waals surface area contributed by atoms with Gasteiger partial charge in [-0.25, -0.2) is 4.98 Å². The Balaban J connectivity index is 2.81. The predicted octanol–water partition coefficient (Wildman–Crippen LogP) is 4.22. The van der Waals surface area contributed by atoms with Crippen molar-refractivity contribution in [3.05, 3.63) is 13.4 Å². The van der Waals surface area contributed by atoms with E-state index in [1.54, 1.807) is 11.3 Å². The molecule has 1 aromatic heterocycles. The van der Waals surface area contributed by atoms with Crippen molar-refractivity contribution in [3.8, 4) is 0 Å². The molecule has 1 aromatic rings. The second-order valence-corrected chi connectivity index (χ2v) is 11.2. The second kappa shape index (κ2) is 5.18. The van der Waals surface area contributed by atoms with E-state index in [9.17, 15) is 0 Å². The van der Waals surface area contributed by atoms with Gasteiger partial charge in [-0.3, -0.25) is 0 Å². The van der Waals surface area contributed by atoms with E-state index in [1.165, 1.54) is 0 Å². The molecule has 0 fully saturated rings. The standard InChI is InChI=1S/C10H17Br2NOSSi/c1-9(2,3)16-14-10(4,5)6-7(11)13-8(12)15-6/h16H2,1-5H3. The molecule has 0 spiro atoms. The number of halogens is 2. The Bertz CT molecular complexity index is 373. The van der Waals surface area contributed by atoms with Crippen molar-refractivity contribution in [2.75, 3.05) is 0 Å². The summed E-state index contributed by atoms with van der Waals surface area (Å²) in [7, 11) is -0.562. The number of nitrogens with zero attached hydrogens (tertiary/aromatic N) is 1. The highest BCUT2D eigenvalue weighted by atomic mass is 79.9. The van der Waals surface area contributed by atoms with E-state index in [2.05, 4.69) is 71.5 Å². The maximum absolute atomic E-state index is 6.13. The van der Waals surface area contributed by atoms with Crippen molar-refractivity contribution < 1.29 is 4.43 Å². The molecular formula is C10H17Br2NOSSi. The Morgan fingerprint density at radius 1 is 1.19 bits per heavy atom. The third-order valence-electron chi connectivity index (χ3n) is 1.97. The zero-order valence-corrected chi connectivity index (χ0v) is 15.6. The van der Waals surface area contributed by atoms with Gasteiger partial charge in [-0.15, -0.1) is 11.3 Å². The zero-order chi connectivity index (χ0) is 12.6. The molecule has 6 heteroatoms. The number of aromatic nitrogens is 1. The van der Waals surface area contributed by atoms with Crippen molar-refractivity contribution in [3.63, 3.8) is 0 Å². The first-order chi connectivity index (χ1) is 7.12. The predicted molar refractivity (Wildman–Crippen MR) is 79.9 cm³/mol. The molecular weight excluding hydrogens is 370 g/mol. The minimum Gasteiger partial charge on any atom is -0.414 e. The van der Waals surface area contributed by atoms with Crippen molar-refractivity contribution in [2.24, 2.45) is 0 Å². The van der Waals surface area contributed by atoms with Crippen molar-refractivity contribution >= 4 is 53.0 Å². The summed E-state index contributed by atoms with van der Waals surface area (Å²) in [4.78, 5) is 5.46. The zero-order valence-electron chi connectivity index (χ0n) is 10.2. The van der Waals surface area contributed by atoms with Crippen LogP contribution in [0.25, 0.3) is 0 Å². The SMILES string of the molecule is CC(C)(C)[SiH2]OC(C)(C)c1sc(Br)nc1Br. The molecule has 0 bridgehead atoms. The Morgan fingerprint density at radius 3 is 2.12 bits per heavy atom. The number of rotatable bonds is 3. The van der Waals surface area contributed by atoms with Crippen LogP contribution in [0.2, 0.25) is 5.04 Å². The Labute approximate surface area is 120 Å². The third kappa shape index (κ3) is 4.22. The Kier molecular flexibility index (Phi) is 4.80. The van der Waals surface area contributed by atoms with Crippen LogP contribution in [0.4, 0.5) is 0 Å². The molecule has 0 aromatic carbocycles. The van der Waals surface area contributed by atoms with Gasteiger partial charge in [0.2, 0.25) is 0 Å². The average Bonchev–Trinajstić information content (AvgIpc) is 2.42. The average molecular weight is 387 g/mol. The van der Waals surface area contributed by atoms with Gasteiger partial charge < -0.3 is 4.43 Å². The normalized spacial score (nSPS) is 13.9. The molecule has 2 nitrogen and oxygen atoms in total. The first-order valence-electron chi connectivity index (χ1n) is 5.08. The van der Waals surface area contributed by atoms with Crippen LogP contribution >= 0.6 is 43.2 Å². The molecule has 0 aliphatic heterocycles. The summed E-state index contributed by atoms with van der Waals surface area (Å²) < 4.78 is 7.91. The molecule has 0 atom stereocenters. The molecule has 0 aliphatic carbocycles. The molecule has 0 aliphatic rings. The van der Waals surface area contributed by atoms with Crippen LogP contribution in [0, 0.1) is 0 Å². The van der Waals surface area contributed by atoms with E-state index in [1.807, 2.05) is 0 Å². The molecule has 1 heterocycles. The second-order valence-electron chi connectivity index (χ2n) is 5.45. The van der Waals surface area contributed by atoms with E-state index >= 15 is 0 Å². The monoisotopic (exact) mass is 385 g/mol. The quantitative estimate of drug-likeness (QED) is 0.725. The molecule has 0 N–H and O–H groups in total. The van der Waals surface area contributed by atoms with Crippen molar-refractivity contribution in [1.82, 2.24) is 4.98 Å². The highest BCUT2D eigenvalue weighted by molar-refractivity contribution is 9.11. The highest BCUT2D eigenvalue weighted by Gasteiger charge is 2.29. The first kappa shape index (κ1) is 14.8. The summed E-state index contributed by atoms with van der Waals surface area (Å²) in [5, 5.41) is 0.311. The van der Waals surface area contributed by atoms with Crippen LogP contribution in [0.1, 0.15) is 39.5 Å².